The van der Waals surface area contributed by atoms with Crippen LogP contribution in [0.4, 0.5) is 5.82 Å². The first-order valence-corrected chi connectivity index (χ1v) is 4.71. The zero-order valence-corrected chi connectivity index (χ0v) is 9.02. The van der Waals surface area contributed by atoms with Gasteiger partial charge in [-0.15, -0.1) is 0 Å². The van der Waals surface area contributed by atoms with Crippen LogP contribution in [0.5, 0.6) is 0 Å². The molecule has 0 saturated carbocycles. The third-order valence-corrected chi connectivity index (χ3v) is 2.03. The van der Waals surface area contributed by atoms with Crippen LogP contribution in [0.3, 0.4) is 0 Å². The molecule has 0 unspecified atom stereocenters. The standard InChI is InChI=1S/C10H13N5/c1-6-5-10(13-8(3)12-6)15-9(11)4-7(2)14-15/h4-5H,11H2,1-3H3. The second kappa shape index (κ2) is 3.34. The molecule has 2 N–H and O–H groups in total. The summed E-state index contributed by atoms with van der Waals surface area (Å²) in [5.74, 6) is 2.02. The van der Waals surface area contributed by atoms with Crippen molar-refractivity contribution < 1.29 is 0 Å². The van der Waals surface area contributed by atoms with Crippen LogP contribution in [0, 0.1) is 20.8 Å². The van der Waals surface area contributed by atoms with Crippen LogP contribution in [0.2, 0.25) is 0 Å². The molecule has 2 aromatic rings. The number of nitrogen functional groups attached to an aromatic ring is 1. The van der Waals surface area contributed by atoms with Crippen LogP contribution in [0.25, 0.3) is 5.82 Å². The summed E-state index contributed by atoms with van der Waals surface area (Å²) in [5, 5.41) is 4.26. The lowest BCUT2D eigenvalue weighted by Gasteiger charge is -2.04. The second-order valence-corrected chi connectivity index (χ2v) is 3.54. The second-order valence-electron chi connectivity index (χ2n) is 3.54. The summed E-state index contributed by atoms with van der Waals surface area (Å²) in [6, 6.07) is 3.67. The van der Waals surface area contributed by atoms with Crippen molar-refractivity contribution in [2.24, 2.45) is 0 Å². The van der Waals surface area contributed by atoms with E-state index in [4.69, 9.17) is 5.73 Å². The van der Waals surface area contributed by atoms with E-state index in [-0.39, 0.29) is 0 Å². The Morgan fingerprint density at radius 1 is 1.07 bits per heavy atom. The molecule has 5 heteroatoms. The average molecular weight is 203 g/mol. The molecule has 0 fully saturated rings. The predicted octanol–water partition coefficient (Wildman–Crippen LogP) is 1.17. The molecule has 0 amide bonds. The van der Waals surface area contributed by atoms with Gasteiger partial charge >= 0.3 is 0 Å². The first-order valence-electron chi connectivity index (χ1n) is 4.71. The molecular weight excluding hydrogens is 190 g/mol. The van der Waals surface area contributed by atoms with Crippen molar-refractivity contribution in [1.82, 2.24) is 19.7 Å². The number of anilines is 1. The molecule has 0 radical (unpaired) electrons. The molecule has 5 nitrogen and oxygen atoms in total. The van der Waals surface area contributed by atoms with Crippen LogP contribution in [0.1, 0.15) is 17.2 Å². The van der Waals surface area contributed by atoms with Crippen molar-refractivity contribution in [3.8, 4) is 5.82 Å². The highest BCUT2D eigenvalue weighted by molar-refractivity contribution is 5.39. The van der Waals surface area contributed by atoms with Gasteiger partial charge in [-0.25, -0.2) is 9.97 Å². The molecule has 0 aliphatic carbocycles. The number of aryl methyl sites for hydroxylation is 3. The SMILES string of the molecule is Cc1cc(-n2nc(C)cc2N)nc(C)n1. The van der Waals surface area contributed by atoms with Crippen LogP contribution in [-0.2, 0) is 0 Å². The lowest BCUT2D eigenvalue weighted by molar-refractivity contribution is 0.819. The average Bonchev–Trinajstić information content (AvgIpc) is 2.43. The van der Waals surface area contributed by atoms with Gasteiger partial charge < -0.3 is 5.73 Å². The fraction of sp³-hybridized carbons (Fsp3) is 0.300. The minimum absolute atomic E-state index is 0.588. The van der Waals surface area contributed by atoms with Crippen molar-refractivity contribution in [3.63, 3.8) is 0 Å². The van der Waals surface area contributed by atoms with Crippen LogP contribution >= 0.6 is 0 Å². The summed E-state index contributed by atoms with van der Waals surface area (Å²) in [4.78, 5) is 8.49. The quantitative estimate of drug-likeness (QED) is 0.755. The highest BCUT2D eigenvalue weighted by atomic mass is 15.3. The molecule has 0 aromatic carbocycles. The number of aromatic nitrogens is 4. The van der Waals surface area contributed by atoms with Gasteiger partial charge in [0, 0.05) is 17.8 Å². The van der Waals surface area contributed by atoms with E-state index in [1.807, 2.05) is 32.9 Å². The van der Waals surface area contributed by atoms with Crippen molar-refractivity contribution in [3.05, 3.63) is 29.3 Å². The van der Waals surface area contributed by atoms with Gasteiger partial charge in [-0.1, -0.05) is 0 Å². The van der Waals surface area contributed by atoms with Gasteiger partial charge in [0.15, 0.2) is 5.82 Å². The zero-order chi connectivity index (χ0) is 11.0. The van der Waals surface area contributed by atoms with Crippen molar-refractivity contribution >= 4 is 5.82 Å². The highest BCUT2D eigenvalue weighted by Crippen LogP contribution is 2.12. The molecular formula is C10H13N5. The Kier molecular flexibility index (Phi) is 2.15. The lowest BCUT2D eigenvalue weighted by atomic mass is 10.4. The van der Waals surface area contributed by atoms with Gasteiger partial charge in [0.1, 0.15) is 11.6 Å². The summed E-state index contributed by atoms with van der Waals surface area (Å²) in [6.07, 6.45) is 0. The fourth-order valence-electron chi connectivity index (χ4n) is 1.51. The highest BCUT2D eigenvalue weighted by Gasteiger charge is 2.06. The summed E-state index contributed by atoms with van der Waals surface area (Å²) < 4.78 is 1.62. The Bertz CT molecular complexity index is 480. The van der Waals surface area contributed by atoms with E-state index in [1.165, 1.54) is 0 Å². The maximum atomic E-state index is 5.81. The largest absolute Gasteiger partial charge is 0.384 e. The van der Waals surface area contributed by atoms with Crippen molar-refractivity contribution in [1.29, 1.82) is 0 Å². The van der Waals surface area contributed by atoms with Gasteiger partial charge in [-0.05, 0) is 20.8 Å². The summed E-state index contributed by atoms with van der Waals surface area (Å²) in [7, 11) is 0. The topological polar surface area (TPSA) is 69.6 Å². The first kappa shape index (κ1) is 9.64. The molecule has 2 heterocycles. The minimum atomic E-state index is 0.588. The van der Waals surface area contributed by atoms with Gasteiger partial charge in [0.25, 0.3) is 0 Å². The molecule has 78 valence electrons. The molecule has 0 bridgehead atoms. The minimum Gasteiger partial charge on any atom is -0.384 e. The van der Waals surface area contributed by atoms with Crippen molar-refractivity contribution in [2.75, 3.05) is 5.73 Å². The predicted molar refractivity (Wildman–Crippen MR) is 57.8 cm³/mol. The van der Waals surface area contributed by atoms with E-state index < -0.39 is 0 Å². The molecule has 0 atom stereocenters. The lowest BCUT2D eigenvalue weighted by Crippen LogP contribution is -2.06. The summed E-state index contributed by atoms with van der Waals surface area (Å²) in [5.41, 5.74) is 7.60. The Morgan fingerprint density at radius 2 is 1.80 bits per heavy atom. The smallest absolute Gasteiger partial charge is 0.159 e. The Morgan fingerprint density at radius 3 is 2.33 bits per heavy atom. The van der Waals surface area contributed by atoms with E-state index in [0.717, 1.165) is 17.2 Å². The maximum absolute atomic E-state index is 5.81. The van der Waals surface area contributed by atoms with Gasteiger partial charge in [0.2, 0.25) is 0 Å². The number of hydrogen-bond acceptors (Lipinski definition) is 4. The maximum Gasteiger partial charge on any atom is 0.159 e. The molecule has 0 spiro atoms. The van der Waals surface area contributed by atoms with E-state index >= 15 is 0 Å². The van der Waals surface area contributed by atoms with Crippen LogP contribution in [0.15, 0.2) is 12.1 Å². The number of nitrogens with two attached hydrogens (primary N) is 1. The van der Waals surface area contributed by atoms with Crippen molar-refractivity contribution in [2.45, 2.75) is 20.8 Å². The van der Waals surface area contributed by atoms with E-state index in [1.54, 1.807) is 4.68 Å². The number of hydrogen-bond donors (Lipinski definition) is 1. The molecule has 15 heavy (non-hydrogen) atoms. The summed E-state index contributed by atoms with van der Waals surface area (Å²) >= 11 is 0. The zero-order valence-electron chi connectivity index (χ0n) is 9.02. The Labute approximate surface area is 88.0 Å². The molecule has 0 aliphatic rings. The molecule has 2 rings (SSSR count). The fourth-order valence-corrected chi connectivity index (χ4v) is 1.51. The Balaban J connectivity index is 2.58. The molecule has 2 aromatic heterocycles. The third-order valence-electron chi connectivity index (χ3n) is 2.03. The van der Waals surface area contributed by atoms with Crippen LogP contribution < -0.4 is 5.73 Å². The third kappa shape index (κ3) is 1.81. The van der Waals surface area contributed by atoms with Gasteiger partial charge in [0.05, 0.1) is 5.69 Å². The monoisotopic (exact) mass is 203 g/mol. The Hall–Kier alpha value is -1.91. The van der Waals surface area contributed by atoms with E-state index in [9.17, 15) is 0 Å². The van der Waals surface area contributed by atoms with Crippen LogP contribution in [-0.4, -0.2) is 19.7 Å². The molecule has 0 saturated heterocycles. The molecule has 0 aliphatic heterocycles. The van der Waals surface area contributed by atoms with Gasteiger partial charge in [-0.3, -0.25) is 0 Å². The normalized spacial score (nSPS) is 10.6. The number of rotatable bonds is 1. The van der Waals surface area contributed by atoms with E-state index in [0.29, 0.717) is 11.6 Å². The first-order chi connectivity index (χ1) is 7.06. The van der Waals surface area contributed by atoms with E-state index in [2.05, 4.69) is 15.1 Å². The number of nitrogens with zero attached hydrogens (tertiary/aromatic N) is 4. The summed E-state index contributed by atoms with van der Waals surface area (Å²) in [6.45, 7) is 5.67. The van der Waals surface area contributed by atoms with Gasteiger partial charge in [-0.2, -0.15) is 9.78 Å².